The summed E-state index contributed by atoms with van der Waals surface area (Å²) in [7, 11) is 0. The van der Waals surface area contributed by atoms with Gasteiger partial charge in [-0.1, -0.05) is 0 Å². The fourth-order valence-corrected chi connectivity index (χ4v) is 0. The molecule has 1 nitrogen and oxygen atoms in total. The molecule has 5 heavy (non-hydrogen) atoms. The molecule has 0 bridgehead atoms. The Kier molecular flexibility index (Phi) is 4.44. The summed E-state index contributed by atoms with van der Waals surface area (Å²) in [6, 6.07) is 0. The van der Waals surface area contributed by atoms with E-state index in [1.807, 2.05) is 4.93 Å². The average Bonchev–Trinajstić information content (AvgIpc) is 1.38. The first-order valence-electron chi connectivity index (χ1n) is 0.975. The molecule has 0 heterocycles. The summed E-state index contributed by atoms with van der Waals surface area (Å²) in [6.07, 6.45) is 0. The zero-order chi connectivity index (χ0) is 4.28. The monoisotopic (exact) mass is 296 g/mol. The SMILES string of the molecule is CI(I)B=O. The van der Waals surface area contributed by atoms with Crippen LogP contribution in [0.2, 0.25) is 0 Å². The van der Waals surface area contributed by atoms with Gasteiger partial charge in [0.1, 0.15) is 0 Å². The van der Waals surface area contributed by atoms with E-state index >= 15 is 0 Å². The Morgan fingerprint density at radius 1 is 2.00 bits per heavy atom. The molecule has 0 N–H and O–H groups in total. The van der Waals surface area contributed by atoms with Crippen LogP contribution in [0.3, 0.4) is 0 Å². The minimum atomic E-state index is -0.993. The van der Waals surface area contributed by atoms with E-state index in [1.165, 1.54) is 0 Å². The fourth-order valence-electron chi connectivity index (χ4n) is 0. The molecule has 0 aliphatic rings. The molecule has 0 aliphatic heterocycles. The van der Waals surface area contributed by atoms with Crippen molar-refractivity contribution in [3.8, 4) is 0 Å². The van der Waals surface area contributed by atoms with Crippen molar-refractivity contribution >= 4 is 39.3 Å². The molecule has 4 heteroatoms. The first-order chi connectivity index (χ1) is 2.27. The molecule has 0 aromatic carbocycles. The van der Waals surface area contributed by atoms with Crippen molar-refractivity contribution in [1.29, 1.82) is 0 Å². The minimum absolute atomic E-state index is 0.993. The predicted octanol–water partition coefficient (Wildman–Crippen LogP) is 1.44. The quantitative estimate of drug-likeness (QED) is 0.406. The van der Waals surface area contributed by atoms with Crippen LogP contribution >= 0.6 is 34.2 Å². The molecular weight excluding hydrogens is 293 g/mol. The molecule has 0 aromatic rings. The molecular formula is CH3BI2O. The van der Waals surface area contributed by atoms with Gasteiger partial charge in [0, 0.05) is 0 Å². The molecule has 0 atom stereocenters. The third-order valence-electron chi connectivity index (χ3n) is 0.123. The molecule has 0 fully saturated rings. The standard InChI is InChI=1S/CH3BI2O/c1-4(3)2-5/h1H3. The van der Waals surface area contributed by atoms with E-state index < -0.39 is 15.6 Å². The van der Waals surface area contributed by atoms with E-state index in [-0.39, 0.29) is 0 Å². The summed E-state index contributed by atoms with van der Waals surface area (Å²) >= 11 is 1.20. The van der Waals surface area contributed by atoms with Crippen LogP contribution < -0.4 is 0 Å². The zero-order valence-corrected chi connectivity index (χ0v) is 7.06. The van der Waals surface area contributed by atoms with Gasteiger partial charge in [-0.05, 0) is 0 Å². The number of alkyl halides is 1. The molecule has 30 valence electrons. The van der Waals surface area contributed by atoms with Crippen molar-refractivity contribution in [2.24, 2.45) is 0 Å². The Morgan fingerprint density at radius 2 is 2.20 bits per heavy atom. The third-order valence-corrected chi connectivity index (χ3v) is 2.11. The van der Waals surface area contributed by atoms with Crippen LogP contribution in [-0.4, -0.2) is 9.94 Å². The van der Waals surface area contributed by atoms with Crippen molar-refractivity contribution in [2.75, 3.05) is 4.93 Å². The molecule has 0 radical (unpaired) electrons. The molecule has 0 saturated heterocycles. The normalized spacial score (nSPS) is 9.60. The maximum atomic E-state index is 9.57. The first kappa shape index (κ1) is 6.32. The second-order valence-electron chi connectivity index (χ2n) is 0.533. The van der Waals surface area contributed by atoms with Crippen LogP contribution in [0, 0.1) is 0 Å². The van der Waals surface area contributed by atoms with E-state index in [4.69, 9.17) is 0 Å². The van der Waals surface area contributed by atoms with Crippen molar-refractivity contribution in [3.05, 3.63) is 0 Å². The Bertz CT molecular complexity index is 36.6. The summed E-state index contributed by atoms with van der Waals surface area (Å²) in [5.41, 5.74) is 0. The van der Waals surface area contributed by atoms with Gasteiger partial charge >= 0.3 is 48.9 Å². The first-order valence-corrected chi connectivity index (χ1v) is 10.7. The van der Waals surface area contributed by atoms with Crippen LogP contribution in [0.4, 0.5) is 0 Å². The van der Waals surface area contributed by atoms with Crippen molar-refractivity contribution in [2.45, 2.75) is 0 Å². The Morgan fingerprint density at radius 3 is 2.20 bits per heavy atom. The molecule has 0 aromatic heterocycles. The summed E-state index contributed by atoms with van der Waals surface area (Å²) in [5, 5.41) is 1.06. The second-order valence-corrected chi connectivity index (χ2v) is 12.2. The number of halogens is 2. The van der Waals surface area contributed by atoms with Gasteiger partial charge in [-0.2, -0.15) is 0 Å². The van der Waals surface area contributed by atoms with Crippen LogP contribution in [0.25, 0.3) is 0 Å². The number of hydrogen-bond donors (Lipinski definition) is 0. The molecule has 0 saturated carbocycles. The van der Waals surface area contributed by atoms with Gasteiger partial charge in [-0.3, -0.25) is 0 Å². The van der Waals surface area contributed by atoms with Crippen molar-refractivity contribution in [3.63, 3.8) is 0 Å². The molecule has 0 aliphatic carbocycles. The van der Waals surface area contributed by atoms with Gasteiger partial charge in [-0.25, -0.2) is 0 Å². The summed E-state index contributed by atoms with van der Waals surface area (Å²) in [4.78, 5) is 2.00. The second kappa shape index (κ2) is 3.51. The van der Waals surface area contributed by atoms with Crippen LogP contribution in [0.1, 0.15) is 0 Å². The Labute approximate surface area is 48.4 Å². The van der Waals surface area contributed by atoms with Gasteiger partial charge < -0.3 is 0 Å². The Balaban J connectivity index is 2.83. The van der Waals surface area contributed by atoms with Gasteiger partial charge in [0.15, 0.2) is 0 Å². The van der Waals surface area contributed by atoms with Gasteiger partial charge in [0.25, 0.3) is 0 Å². The zero-order valence-electron chi connectivity index (χ0n) is 2.74. The van der Waals surface area contributed by atoms with Crippen LogP contribution in [0.5, 0.6) is 0 Å². The van der Waals surface area contributed by atoms with E-state index in [2.05, 4.69) is 18.6 Å². The third kappa shape index (κ3) is 5.32. The molecule has 0 unspecified atom stereocenters. The van der Waals surface area contributed by atoms with E-state index in [0.29, 0.717) is 0 Å². The fraction of sp³-hybridized carbons (Fsp3) is 1.00. The summed E-state index contributed by atoms with van der Waals surface area (Å²) < 4.78 is 9.57. The van der Waals surface area contributed by atoms with Crippen molar-refractivity contribution in [1.82, 2.24) is 0 Å². The number of hydrogen-bond acceptors (Lipinski definition) is 1. The summed E-state index contributed by atoms with van der Waals surface area (Å²) in [6.45, 7) is 0. The van der Waals surface area contributed by atoms with Crippen LogP contribution in [0.15, 0.2) is 0 Å². The van der Waals surface area contributed by atoms with Crippen molar-refractivity contribution < 1.29 is 4.70 Å². The summed E-state index contributed by atoms with van der Waals surface area (Å²) in [5.74, 6) is 0. The van der Waals surface area contributed by atoms with E-state index in [9.17, 15) is 4.70 Å². The van der Waals surface area contributed by atoms with Gasteiger partial charge in [0.05, 0.1) is 0 Å². The van der Waals surface area contributed by atoms with Gasteiger partial charge in [0.2, 0.25) is 0 Å². The topological polar surface area (TPSA) is 17.1 Å². The van der Waals surface area contributed by atoms with Gasteiger partial charge in [-0.15, -0.1) is 0 Å². The Hall–Kier alpha value is 1.32. The molecule has 0 spiro atoms. The van der Waals surface area contributed by atoms with E-state index in [0.717, 1.165) is 5.01 Å². The molecule has 0 amide bonds. The van der Waals surface area contributed by atoms with Crippen LogP contribution in [-0.2, 0) is 4.70 Å². The maximum absolute atomic E-state index is 9.57. The number of rotatable bonds is 1. The predicted molar refractivity (Wildman–Crippen MR) is 40.4 cm³/mol. The molecule has 0 rings (SSSR count). The van der Waals surface area contributed by atoms with E-state index in [1.54, 1.807) is 0 Å². The average molecular weight is 296 g/mol.